The van der Waals surface area contributed by atoms with Gasteiger partial charge >= 0.3 is 26.2 Å². The summed E-state index contributed by atoms with van der Waals surface area (Å²) in [6, 6.07) is 0. The van der Waals surface area contributed by atoms with E-state index in [9.17, 15) is 58.8 Å². The average Bonchev–Trinajstić information content (AvgIpc) is 3.57. The standard InChI is InChI=1S/4C16H28O6.Zr/c4*1-8-9-16(15(18)19,22-12(6)7)13(17)14(20-10(2)3)21-11(4)5;/h4*8,10-12,14H,1,9H2,2-7H3,(H,18,19);/q;;;;+4/p-4. The second-order valence-corrected chi connectivity index (χ2v) is 23.4. The molecule has 0 N–H and O–H groups in total. The van der Waals surface area contributed by atoms with Crippen LogP contribution in [-0.4, -0.2) is 168 Å². The number of aliphatic carboxylic acids is 4. The van der Waals surface area contributed by atoms with Crippen molar-refractivity contribution >= 4 is 47.0 Å². The first-order valence-electron chi connectivity index (χ1n) is 29.7. The molecule has 0 aromatic rings. The van der Waals surface area contributed by atoms with Gasteiger partial charge in [0.25, 0.3) is 0 Å². The molecule has 512 valence electrons. The van der Waals surface area contributed by atoms with E-state index >= 15 is 0 Å². The Morgan fingerprint density at radius 2 is 0.382 bits per heavy atom. The Hall–Kier alpha value is -4.08. The van der Waals surface area contributed by atoms with Crippen molar-refractivity contribution in [3.05, 3.63) is 50.6 Å². The van der Waals surface area contributed by atoms with Crippen molar-refractivity contribution in [1.29, 1.82) is 0 Å². The van der Waals surface area contributed by atoms with Gasteiger partial charge in [-0.3, -0.25) is 19.2 Å². The molecule has 0 aromatic carbocycles. The van der Waals surface area contributed by atoms with Crippen LogP contribution in [0.4, 0.5) is 0 Å². The van der Waals surface area contributed by atoms with Gasteiger partial charge in [0.15, 0.2) is 22.4 Å². The number of hydrogen-bond acceptors (Lipinski definition) is 24. The number of carboxylic acids is 4. The summed E-state index contributed by atoms with van der Waals surface area (Å²) in [5.41, 5.74) is -8.70. The van der Waals surface area contributed by atoms with Crippen molar-refractivity contribution in [3.8, 4) is 0 Å². The number of carboxylic acid groups (broad SMARTS) is 4. The van der Waals surface area contributed by atoms with Crippen molar-refractivity contribution in [2.24, 2.45) is 0 Å². The molecule has 0 radical (unpaired) electrons. The van der Waals surface area contributed by atoms with E-state index in [0.29, 0.717) is 0 Å². The fourth-order valence-electron chi connectivity index (χ4n) is 7.54. The van der Waals surface area contributed by atoms with Crippen molar-refractivity contribution < 1.29 is 142 Å². The molecule has 4 atom stereocenters. The van der Waals surface area contributed by atoms with Crippen LogP contribution in [0, 0.1) is 0 Å². The van der Waals surface area contributed by atoms with Crippen LogP contribution < -0.4 is 20.4 Å². The van der Waals surface area contributed by atoms with Gasteiger partial charge in [-0.05, 0) is 166 Å². The summed E-state index contributed by atoms with van der Waals surface area (Å²) in [7, 11) is 0. The van der Waals surface area contributed by atoms with Gasteiger partial charge in [0.05, 0.1) is 97.1 Å². The molecular formula is C64H108O24Zr. The summed E-state index contributed by atoms with van der Waals surface area (Å²) in [5.74, 6) is -9.84. The SMILES string of the molecule is C=CCC(OC(C)C)(C(=O)[O-])C(=O)C(OC(C)C)OC(C)C.C=CCC(OC(C)C)(C(=O)[O-])C(=O)C(OC(C)C)OC(C)C.C=CCC(OC(C)C)(C(=O)[O-])C(=O)C(OC(C)C)OC(C)C.C=CCC(OC(C)C)(C(=O)[O-])C(=O)C(OC(C)C)OC(C)C.[Zr+4]. The van der Waals surface area contributed by atoms with Crippen LogP contribution in [0.5, 0.6) is 0 Å². The molecule has 0 aliphatic carbocycles. The average molecular weight is 1350 g/mol. The van der Waals surface area contributed by atoms with Crippen LogP contribution in [0.3, 0.4) is 0 Å². The van der Waals surface area contributed by atoms with Gasteiger partial charge in [-0.25, -0.2) is 0 Å². The number of carbonyl (C=O) groups excluding carboxylic acids is 8. The van der Waals surface area contributed by atoms with Crippen LogP contribution in [0.2, 0.25) is 0 Å². The fourth-order valence-corrected chi connectivity index (χ4v) is 7.54. The minimum absolute atomic E-state index is 0. The Morgan fingerprint density at radius 1 is 0.270 bits per heavy atom. The summed E-state index contributed by atoms with van der Waals surface area (Å²) in [4.78, 5) is 97.6. The summed E-state index contributed by atoms with van der Waals surface area (Å²) >= 11 is 0. The molecule has 0 aliphatic rings. The van der Waals surface area contributed by atoms with Gasteiger partial charge in [-0.2, -0.15) is 0 Å². The number of carbonyl (C=O) groups is 8. The summed E-state index contributed by atoms with van der Waals surface area (Å²) in [6.07, 6.45) is -5.70. The van der Waals surface area contributed by atoms with Gasteiger partial charge in [-0.1, -0.05) is 24.3 Å². The van der Waals surface area contributed by atoms with Crippen LogP contribution >= 0.6 is 0 Å². The molecule has 4 unspecified atom stereocenters. The smallest absolute Gasteiger partial charge is 0.546 e. The normalized spacial score (nSPS) is 14.5. The molecule has 0 bridgehead atoms. The Balaban J connectivity index is -0.000000351. The Labute approximate surface area is 549 Å². The zero-order valence-electron chi connectivity index (χ0n) is 57.5. The van der Waals surface area contributed by atoms with E-state index in [2.05, 4.69) is 26.3 Å². The molecule has 0 saturated heterocycles. The molecule has 0 heterocycles. The van der Waals surface area contributed by atoms with E-state index in [4.69, 9.17) is 56.8 Å². The molecule has 0 spiro atoms. The second-order valence-electron chi connectivity index (χ2n) is 23.4. The molecule has 24 nitrogen and oxygen atoms in total. The van der Waals surface area contributed by atoms with Gasteiger partial charge in [-0.15, -0.1) is 26.3 Å². The maximum Gasteiger partial charge on any atom is 4.00 e. The van der Waals surface area contributed by atoms with E-state index in [0.717, 1.165) is 0 Å². The van der Waals surface area contributed by atoms with Crippen LogP contribution in [0.25, 0.3) is 0 Å². The van der Waals surface area contributed by atoms with Crippen LogP contribution in [-0.2, 0) is 121 Å². The summed E-state index contributed by atoms with van der Waals surface area (Å²) in [6.45, 7) is 54.6. The third-order valence-corrected chi connectivity index (χ3v) is 10.4. The first-order valence-corrected chi connectivity index (χ1v) is 29.7. The molecule has 0 amide bonds. The topological polar surface area (TPSA) is 340 Å². The Kier molecular flexibility index (Phi) is 48.5. The zero-order valence-corrected chi connectivity index (χ0v) is 60.0. The van der Waals surface area contributed by atoms with Gasteiger partial charge in [0, 0.05) is 25.7 Å². The maximum absolute atomic E-state index is 12.8. The zero-order chi connectivity index (χ0) is 70.0. The van der Waals surface area contributed by atoms with Crippen LogP contribution in [0.15, 0.2) is 50.6 Å². The summed E-state index contributed by atoms with van der Waals surface area (Å²) < 4.78 is 65.1. The number of ether oxygens (including phenoxy) is 12. The minimum atomic E-state index is -2.18. The van der Waals surface area contributed by atoms with Crippen molar-refractivity contribution in [1.82, 2.24) is 0 Å². The third kappa shape index (κ3) is 34.4. The number of Topliss-reactive ketones (excluding diaryl/α,β-unsaturated/α-hetero) is 4. The monoisotopic (exact) mass is 1350 g/mol. The number of hydrogen-bond donors (Lipinski definition) is 0. The van der Waals surface area contributed by atoms with Crippen molar-refractivity contribution in [2.75, 3.05) is 0 Å². The molecule has 89 heavy (non-hydrogen) atoms. The van der Waals surface area contributed by atoms with Gasteiger partial charge in [0.2, 0.25) is 48.3 Å². The van der Waals surface area contributed by atoms with E-state index < -0.39 is 119 Å². The minimum Gasteiger partial charge on any atom is -0.546 e. The quantitative estimate of drug-likeness (QED) is 0.0445. The molecular weight excluding hydrogens is 1240 g/mol. The largest absolute Gasteiger partial charge is 4.00 e. The summed E-state index contributed by atoms with van der Waals surface area (Å²) in [5, 5.41) is 46.6. The first-order chi connectivity index (χ1) is 40.2. The number of rotatable bonds is 44. The fraction of sp³-hybridized carbons (Fsp3) is 0.750. The predicted molar refractivity (Wildman–Crippen MR) is 320 cm³/mol. The molecule has 0 saturated carbocycles. The Morgan fingerprint density at radius 3 is 0.449 bits per heavy atom. The molecule has 0 rings (SSSR count). The van der Waals surface area contributed by atoms with Gasteiger partial charge in [0.1, 0.15) is 0 Å². The molecule has 0 fully saturated rings. The first kappa shape index (κ1) is 93.6. The third-order valence-electron chi connectivity index (χ3n) is 10.4. The van der Waals surface area contributed by atoms with E-state index in [1.807, 2.05) is 0 Å². The van der Waals surface area contributed by atoms with E-state index in [1.54, 1.807) is 166 Å². The predicted octanol–water partition coefficient (Wildman–Crippen LogP) is 4.88. The van der Waals surface area contributed by atoms with E-state index in [1.165, 1.54) is 24.3 Å². The second kappa shape index (κ2) is 46.1. The maximum atomic E-state index is 12.8. The molecule has 0 aromatic heterocycles. The number of ketones is 4. The van der Waals surface area contributed by atoms with E-state index in [-0.39, 0.29) is 101 Å². The Bertz CT molecular complexity index is 1820. The van der Waals surface area contributed by atoms with Crippen LogP contribution in [0.1, 0.15) is 192 Å². The molecule has 25 heteroatoms. The molecule has 0 aliphatic heterocycles. The van der Waals surface area contributed by atoms with Crippen molar-refractivity contribution in [2.45, 2.75) is 313 Å². The van der Waals surface area contributed by atoms with Gasteiger partial charge < -0.3 is 96.4 Å². The van der Waals surface area contributed by atoms with Crippen molar-refractivity contribution in [3.63, 3.8) is 0 Å².